The Kier molecular flexibility index (Phi) is 4.87. The molecule has 1 saturated heterocycles. The molecule has 0 saturated carbocycles. The Labute approximate surface area is 141 Å². The molecule has 0 unspecified atom stereocenters. The molecule has 3 rings (SSSR count). The van der Waals surface area contributed by atoms with Gasteiger partial charge >= 0.3 is 0 Å². The second kappa shape index (κ2) is 6.91. The molecule has 0 aromatic heterocycles. The van der Waals surface area contributed by atoms with Crippen LogP contribution in [0.3, 0.4) is 0 Å². The van der Waals surface area contributed by atoms with Gasteiger partial charge in [-0.25, -0.2) is 12.8 Å². The standard InChI is InChI=1S/C18H20FNO3S/c1-2-23-16-8-10-17(11-9-16)24(21,22)20-12-4-7-18(20)14-5-3-6-15(19)13-14/h3,5-6,8-11,13,18H,2,4,7,12H2,1H3/t18-/m0/s1. The Morgan fingerprint density at radius 1 is 1.21 bits per heavy atom. The van der Waals surface area contributed by atoms with Gasteiger partial charge in [-0.2, -0.15) is 4.31 Å². The topological polar surface area (TPSA) is 46.6 Å². The van der Waals surface area contributed by atoms with Crippen molar-refractivity contribution in [2.45, 2.75) is 30.7 Å². The number of hydrogen-bond acceptors (Lipinski definition) is 3. The summed E-state index contributed by atoms with van der Waals surface area (Å²) >= 11 is 0. The van der Waals surface area contributed by atoms with Crippen LogP contribution in [0.5, 0.6) is 5.75 Å². The van der Waals surface area contributed by atoms with Crippen LogP contribution in [0.2, 0.25) is 0 Å². The number of rotatable bonds is 5. The predicted molar refractivity (Wildman–Crippen MR) is 89.9 cm³/mol. The zero-order chi connectivity index (χ0) is 17.2. The summed E-state index contributed by atoms with van der Waals surface area (Å²) in [6, 6.07) is 12.3. The molecule has 1 fully saturated rings. The van der Waals surface area contributed by atoms with Crippen molar-refractivity contribution in [1.82, 2.24) is 4.31 Å². The van der Waals surface area contributed by atoms with E-state index in [1.165, 1.54) is 16.4 Å². The van der Waals surface area contributed by atoms with Crippen molar-refractivity contribution >= 4 is 10.0 Å². The fourth-order valence-corrected chi connectivity index (χ4v) is 4.77. The van der Waals surface area contributed by atoms with Crippen molar-refractivity contribution in [1.29, 1.82) is 0 Å². The number of sulfonamides is 1. The summed E-state index contributed by atoms with van der Waals surface area (Å²) in [5.41, 5.74) is 0.696. The summed E-state index contributed by atoms with van der Waals surface area (Å²) in [4.78, 5) is 0.231. The molecule has 1 heterocycles. The average molecular weight is 349 g/mol. The van der Waals surface area contributed by atoms with Crippen LogP contribution in [0.1, 0.15) is 31.4 Å². The van der Waals surface area contributed by atoms with Crippen LogP contribution in [0.15, 0.2) is 53.4 Å². The van der Waals surface area contributed by atoms with E-state index in [1.807, 2.05) is 6.92 Å². The Morgan fingerprint density at radius 3 is 2.62 bits per heavy atom. The van der Waals surface area contributed by atoms with E-state index in [-0.39, 0.29) is 16.8 Å². The average Bonchev–Trinajstić information content (AvgIpc) is 3.06. The highest BCUT2D eigenvalue weighted by atomic mass is 32.2. The molecule has 1 aliphatic heterocycles. The van der Waals surface area contributed by atoms with Crippen LogP contribution in [0.25, 0.3) is 0 Å². The third-order valence-corrected chi connectivity index (χ3v) is 6.10. The Bertz CT molecular complexity index is 805. The SMILES string of the molecule is CCOc1ccc(S(=O)(=O)N2CCC[C@H]2c2cccc(F)c2)cc1. The third kappa shape index (κ3) is 3.30. The number of benzene rings is 2. The van der Waals surface area contributed by atoms with Crippen molar-refractivity contribution in [2.24, 2.45) is 0 Å². The first-order valence-corrected chi connectivity index (χ1v) is 9.46. The molecule has 0 aliphatic carbocycles. The van der Waals surface area contributed by atoms with Gasteiger partial charge in [0.15, 0.2) is 0 Å². The van der Waals surface area contributed by atoms with Crippen LogP contribution in [-0.4, -0.2) is 25.9 Å². The van der Waals surface area contributed by atoms with Gasteiger partial charge in [0.25, 0.3) is 0 Å². The van der Waals surface area contributed by atoms with E-state index in [0.717, 1.165) is 6.42 Å². The van der Waals surface area contributed by atoms with Crippen molar-refractivity contribution in [2.75, 3.05) is 13.2 Å². The Hall–Kier alpha value is -1.92. The molecule has 0 N–H and O–H groups in total. The van der Waals surface area contributed by atoms with Gasteiger partial charge in [-0.05, 0) is 61.7 Å². The lowest BCUT2D eigenvalue weighted by Crippen LogP contribution is -2.30. The van der Waals surface area contributed by atoms with E-state index < -0.39 is 10.0 Å². The number of ether oxygens (including phenoxy) is 1. The second-order valence-electron chi connectivity index (χ2n) is 5.73. The Morgan fingerprint density at radius 2 is 1.96 bits per heavy atom. The quantitative estimate of drug-likeness (QED) is 0.826. The monoisotopic (exact) mass is 349 g/mol. The van der Waals surface area contributed by atoms with Crippen LogP contribution in [-0.2, 0) is 10.0 Å². The number of halogens is 1. The summed E-state index contributed by atoms with van der Waals surface area (Å²) in [6.45, 7) is 2.84. The predicted octanol–water partition coefficient (Wildman–Crippen LogP) is 3.75. The molecule has 2 aromatic carbocycles. The van der Waals surface area contributed by atoms with Gasteiger partial charge in [0, 0.05) is 6.54 Å². The molecule has 24 heavy (non-hydrogen) atoms. The molecule has 2 aromatic rings. The lowest BCUT2D eigenvalue weighted by Gasteiger charge is -2.24. The maximum absolute atomic E-state index is 13.5. The van der Waals surface area contributed by atoms with E-state index in [1.54, 1.807) is 36.4 Å². The molecule has 6 heteroatoms. The minimum atomic E-state index is -3.63. The van der Waals surface area contributed by atoms with Crippen LogP contribution < -0.4 is 4.74 Å². The first kappa shape index (κ1) is 16.9. The normalized spacial score (nSPS) is 18.7. The van der Waals surface area contributed by atoms with Crippen molar-refractivity contribution in [3.63, 3.8) is 0 Å². The van der Waals surface area contributed by atoms with E-state index in [9.17, 15) is 12.8 Å². The highest BCUT2D eigenvalue weighted by Crippen LogP contribution is 2.36. The van der Waals surface area contributed by atoms with Gasteiger partial charge in [0.05, 0.1) is 17.5 Å². The lowest BCUT2D eigenvalue weighted by atomic mass is 10.1. The van der Waals surface area contributed by atoms with Gasteiger partial charge < -0.3 is 4.74 Å². The van der Waals surface area contributed by atoms with Gasteiger partial charge in [0.2, 0.25) is 10.0 Å². The van der Waals surface area contributed by atoms with Crippen molar-refractivity contribution < 1.29 is 17.5 Å². The van der Waals surface area contributed by atoms with Crippen molar-refractivity contribution in [3.8, 4) is 5.75 Å². The number of nitrogens with zero attached hydrogens (tertiary/aromatic N) is 1. The fourth-order valence-electron chi connectivity index (χ4n) is 3.08. The summed E-state index contributed by atoms with van der Waals surface area (Å²) in [5.74, 6) is 0.289. The third-order valence-electron chi connectivity index (χ3n) is 4.18. The molecule has 1 atom stereocenters. The fraction of sp³-hybridized carbons (Fsp3) is 0.333. The summed E-state index contributed by atoms with van der Waals surface area (Å²) in [6.07, 6.45) is 1.46. The first-order valence-electron chi connectivity index (χ1n) is 8.02. The molecule has 0 amide bonds. The highest BCUT2D eigenvalue weighted by molar-refractivity contribution is 7.89. The molecule has 0 spiro atoms. The summed E-state index contributed by atoms with van der Waals surface area (Å²) < 4.78 is 46.3. The van der Waals surface area contributed by atoms with Crippen LogP contribution in [0.4, 0.5) is 4.39 Å². The second-order valence-corrected chi connectivity index (χ2v) is 7.62. The molecule has 0 radical (unpaired) electrons. The van der Waals surface area contributed by atoms with Gasteiger partial charge in [-0.3, -0.25) is 0 Å². The highest BCUT2D eigenvalue weighted by Gasteiger charge is 2.36. The maximum Gasteiger partial charge on any atom is 0.243 e. The van der Waals surface area contributed by atoms with Crippen LogP contribution in [0, 0.1) is 5.82 Å². The summed E-state index contributed by atoms with van der Waals surface area (Å²) in [5, 5.41) is 0. The van der Waals surface area contributed by atoms with E-state index >= 15 is 0 Å². The first-order chi connectivity index (χ1) is 11.5. The largest absolute Gasteiger partial charge is 0.494 e. The zero-order valence-corrected chi connectivity index (χ0v) is 14.3. The van der Waals surface area contributed by atoms with Gasteiger partial charge in [-0.1, -0.05) is 12.1 Å². The van der Waals surface area contributed by atoms with Gasteiger partial charge in [-0.15, -0.1) is 0 Å². The van der Waals surface area contributed by atoms with E-state index in [0.29, 0.717) is 30.9 Å². The lowest BCUT2D eigenvalue weighted by molar-refractivity contribution is 0.340. The molecular weight excluding hydrogens is 329 g/mol. The zero-order valence-electron chi connectivity index (χ0n) is 13.5. The molecule has 1 aliphatic rings. The molecule has 128 valence electrons. The smallest absolute Gasteiger partial charge is 0.243 e. The van der Waals surface area contributed by atoms with Crippen LogP contribution >= 0.6 is 0 Å². The molecule has 4 nitrogen and oxygen atoms in total. The maximum atomic E-state index is 13.5. The molecular formula is C18H20FNO3S. The minimum Gasteiger partial charge on any atom is -0.494 e. The van der Waals surface area contributed by atoms with E-state index in [4.69, 9.17) is 4.74 Å². The molecule has 0 bridgehead atoms. The Balaban J connectivity index is 1.90. The van der Waals surface area contributed by atoms with Gasteiger partial charge in [0.1, 0.15) is 11.6 Å². The minimum absolute atomic E-state index is 0.231. The van der Waals surface area contributed by atoms with E-state index in [2.05, 4.69) is 0 Å². The van der Waals surface area contributed by atoms with Crippen molar-refractivity contribution in [3.05, 3.63) is 59.9 Å². The number of hydrogen-bond donors (Lipinski definition) is 0. The summed E-state index contributed by atoms with van der Waals surface area (Å²) in [7, 11) is -3.63.